The van der Waals surface area contributed by atoms with Crippen LogP contribution in [0.3, 0.4) is 0 Å². The number of ether oxygens (including phenoxy) is 1. The smallest absolute Gasteiger partial charge is 0.143 e. The summed E-state index contributed by atoms with van der Waals surface area (Å²) >= 11 is 0. The molecule has 4 nitrogen and oxygen atoms in total. The summed E-state index contributed by atoms with van der Waals surface area (Å²) in [4.78, 5) is 4.84. The fourth-order valence-corrected chi connectivity index (χ4v) is 3.25. The average molecular weight is 357 g/mol. The minimum atomic E-state index is 0.837. The van der Waals surface area contributed by atoms with Gasteiger partial charge in [-0.15, -0.1) is 0 Å². The quantitative estimate of drug-likeness (QED) is 0.480. The van der Waals surface area contributed by atoms with Gasteiger partial charge in [-0.1, -0.05) is 31.5 Å². The molecule has 136 valence electrons. The first-order chi connectivity index (χ1) is 13.3. The van der Waals surface area contributed by atoms with Gasteiger partial charge in [-0.2, -0.15) is 0 Å². The number of nitrogens with zero attached hydrogens (tertiary/aromatic N) is 2. The first-order valence-electron chi connectivity index (χ1n) is 9.26. The maximum atomic E-state index is 5.28. The van der Waals surface area contributed by atoms with E-state index in [0.717, 1.165) is 47.0 Å². The van der Waals surface area contributed by atoms with Crippen molar-refractivity contribution in [1.82, 2.24) is 9.38 Å². The van der Waals surface area contributed by atoms with Gasteiger partial charge in [-0.25, -0.2) is 4.98 Å². The normalized spacial score (nSPS) is 10.9. The number of nitrogens with one attached hydrogen (secondary N) is 1. The van der Waals surface area contributed by atoms with Gasteiger partial charge < -0.3 is 10.1 Å². The molecule has 0 aliphatic heterocycles. The predicted molar refractivity (Wildman–Crippen MR) is 111 cm³/mol. The fourth-order valence-electron chi connectivity index (χ4n) is 3.25. The Morgan fingerprint density at radius 1 is 0.963 bits per heavy atom. The van der Waals surface area contributed by atoms with Crippen LogP contribution in [-0.2, 0) is 6.42 Å². The molecule has 0 aliphatic carbocycles. The van der Waals surface area contributed by atoms with Crippen LogP contribution >= 0.6 is 0 Å². The minimum absolute atomic E-state index is 0.837. The summed E-state index contributed by atoms with van der Waals surface area (Å²) in [6.07, 6.45) is 4.29. The van der Waals surface area contributed by atoms with Crippen LogP contribution < -0.4 is 10.1 Å². The lowest BCUT2D eigenvalue weighted by Crippen LogP contribution is -1.97. The van der Waals surface area contributed by atoms with Gasteiger partial charge >= 0.3 is 0 Å². The number of rotatable bonds is 6. The Balaban J connectivity index is 1.75. The van der Waals surface area contributed by atoms with E-state index >= 15 is 0 Å². The Kier molecular flexibility index (Phi) is 4.79. The van der Waals surface area contributed by atoms with E-state index in [1.165, 1.54) is 5.56 Å². The third-order valence-corrected chi connectivity index (χ3v) is 4.65. The Labute approximate surface area is 159 Å². The highest BCUT2D eigenvalue weighted by Crippen LogP contribution is 2.32. The molecule has 0 aliphatic rings. The Morgan fingerprint density at radius 3 is 2.44 bits per heavy atom. The summed E-state index contributed by atoms with van der Waals surface area (Å²) in [5.41, 5.74) is 5.28. The summed E-state index contributed by atoms with van der Waals surface area (Å²) in [6.45, 7) is 2.20. The lowest BCUT2D eigenvalue weighted by Gasteiger charge is -2.10. The fraction of sp³-hybridized carbons (Fsp3) is 0.174. The van der Waals surface area contributed by atoms with Crippen LogP contribution in [0.15, 0.2) is 72.9 Å². The number of aromatic nitrogens is 2. The number of pyridine rings is 1. The zero-order valence-corrected chi connectivity index (χ0v) is 15.6. The van der Waals surface area contributed by atoms with Crippen LogP contribution in [-0.4, -0.2) is 16.5 Å². The molecule has 1 N–H and O–H groups in total. The molecule has 0 bridgehead atoms. The molecular formula is C23H23N3O. The summed E-state index contributed by atoms with van der Waals surface area (Å²) < 4.78 is 7.36. The number of methoxy groups -OCH3 is 1. The van der Waals surface area contributed by atoms with E-state index < -0.39 is 0 Å². The first-order valence-corrected chi connectivity index (χ1v) is 9.26. The van der Waals surface area contributed by atoms with Gasteiger partial charge in [-0.3, -0.25) is 4.40 Å². The molecule has 0 saturated carbocycles. The number of hydrogen-bond acceptors (Lipinski definition) is 3. The number of benzene rings is 2. The van der Waals surface area contributed by atoms with Crippen LogP contribution in [0.2, 0.25) is 0 Å². The van der Waals surface area contributed by atoms with Crippen molar-refractivity contribution in [2.45, 2.75) is 19.8 Å². The number of hydrogen-bond donors (Lipinski definition) is 1. The molecular weight excluding hydrogens is 334 g/mol. The van der Waals surface area contributed by atoms with Crippen molar-refractivity contribution < 1.29 is 4.74 Å². The highest BCUT2D eigenvalue weighted by Gasteiger charge is 2.14. The second-order valence-electron chi connectivity index (χ2n) is 6.54. The Bertz CT molecular complexity index is 1030. The van der Waals surface area contributed by atoms with E-state index in [4.69, 9.17) is 9.72 Å². The zero-order chi connectivity index (χ0) is 18.6. The minimum Gasteiger partial charge on any atom is -0.497 e. The maximum Gasteiger partial charge on any atom is 0.143 e. The molecule has 0 saturated heterocycles. The van der Waals surface area contributed by atoms with Crippen LogP contribution in [0.1, 0.15) is 18.9 Å². The summed E-state index contributed by atoms with van der Waals surface area (Å²) in [7, 11) is 1.68. The molecule has 0 fully saturated rings. The van der Waals surface area contributed by atoms with Crippen LogP contribution in [0.5, 0.6) is 5.75 Å². The molecule has 0 spiro atoms. The van der Waals surface area contributed by atoms with Gasteiger partial charge in [0.1, 0.15) is 22.9 Å². The van der Waals surface area contributed by atoms with Crippen molar-refractivity contribution in [2.24, 2.45) is 0 Å². The van der Waals surface area contributed by atoms with Crippen molar-refractivity contribution in [1.29, 1.82) is 0 Å². The largest absolute Gasteiger partial charge is 0.497 e. The summed E-state index contributed by atoms with van der Waals surface area (Å²) in [6, 6.07) is 22.7. The topological polar surface area (TPSA) is 38.6 Å². The average Bonchev–Trinajstić information content (AvgIpc) is 3.08. The Hall–Kier alpha value is -3.27. The van der Waals surface area contributed by atoms with Crippen molar-refractivity contribution in [3.8, 4) is 17.0 Å². The number of imidazole rings is 1. The molecule has 4 rings (SSSR count). The van der Waals surface area contributed by atoms with E-state index in [1.807, 2.05) is 48.7 Å². The van der Waals surface area contributed by atoms with Crippen molar-refractivity contribution in [2.75, 3.05) is 12.4 Å². The monoisotopic (exact) mass is 357 g/mol. The molecule has 0 radical (unpaired) electrons. The van der Waals surface area contributed by atoms with Gasteiger partial charge in [-0.05, 0) is 60.5 Å². The van der Waals surface area contributed by atoms with Crippen molar-refractivity contribution in [3.05, 3.63) is 78.5 Å². The number of anilines is 2. The third kappa shape index (κ3) is 3.51. The van der Waals surface area contributed by atoms with Crippen molar-refractivity contribution in [3.63, 3.8) is 0 Å². The molecule has 0 atom stereocenters. The van der Waals surface area contributed by atoms with Gasteiger partial charge in [0.15, 0.2) is 0 Å². The molecule has 0 amide bonds. The molecule has 27 heavy (non-hydrogen) atoms. The molecule has 2 aromatic heterocycles. The van der Waals surface area contributed by atoms with E-state index in [9.17, 15) is 0 Å². The van der Waals surface area contributed by atoms with Gasteiger partial charge in [0.05, 0.1) is 7.11 Å². The second-order valence-corrected chi connectivity index (χ2v) is 6.54. The van der Waals surface area contributed by atoms with E-state index in [0.29, 0.717) is 0 Å². The molecule has 4 aromatic rings. The van der Waals surface area contributed by atoms with E-state index in [1.54, 1.807) is 7.11 Å². The lowest BCUT2D eigenvalue weighted by atomic mass is 10.1. The maximum absolute atomic E-state index is 5.28. The van der Waals surface area contributed by atoms with Gasteiger partial charge in [0, 0.05) is 17.4 Å². The van der Waals surface area contributed by atoms with Gasteiger partial charge in [0.25, 0.3) is 0 Å². The lowest BCUT2D eigenvalue weighted by molar-refractivity contribution is 0.415. The molecule has 0 unspecified atom stereocenters. The first kappa shape index (κ1) is 17.2. The Morgan fingerprint density at radius 2 is 1.74 bits per heavy atom. The number of aryl methyl sites for hydroxylation is 1. The van der Waals surface area contributed by atoms with E-state index in [-0.39, 0.29) is 0 Å². The summed E-state index contributed by atoms with van der Waals surface area (Å²) in [5.74, 6) is 1.79. The second kappa shape index (κ2) is 7.54. The van der Waals surface area contributed by atoms with Crippen LogP contribution in [0.25, 0.3) is 16.9 Å². The molecule has 4 heteroatoms. The number of fused-ring (bicyclic) bond motifs is 1. The summed E-state index contributed by atoms with van der Waals surface area (Å²) in [5, 5.41) is 3.56. The molecule has 2 heterocycles. The van der Waals surface area contributed by atoms with Crippen LogP contribution in [0, 0.1) is 0 Å². The van der Waals surface area contributed by atoms with Gasteiger partial charge in [0.2, 0.25) is 0 Å². The SMILES string of the molecule is CCCc1ccc(Nc2c(-c3ccc(OC)cc3)nc3ccccn23)cc1. The highest BCUT2D eigenvalue weighted by atomic mass is 16.5. The zero-order valence-electron chi connectivity index (χ0n) is 15.6. The highest BCUT2D eigenvalue weighted by molar-refractivity contribution is 5.79. The third-order valence-electron chi connectivity index (χ3n) is 4.65. The van der Waals surface area contributed by atoms with Crippen molar-refractivity contribution >= 4 is 17.2 Å². The van der Waals surface area contributed by atoms with Crippen LogP contribution in [0.4, 0.5) is 11.5 Å². The van der Waals surface area contributed by atoms with E-state index in [2.05, 4.69) is 40.9 Å². The standard InChI is InChI=1S/C23H23N3O/c1-3-6-17-8-12-19(13-9-17)24-23-22(18-10-14-20(27-2)15-11-18)25-21-7-4-5-16-26(21)23/h4-5,7-16,24H,3,6H2,1-2H3. The predicted octanol–water partition coefficient (Wildman–Crippen LogP) is 5.71. The molecule has 2 aromatic carbocycles.